The van der Waals surface area contributed by atoms with E-state index in [4.69, 9.17) is 22.7 Å². The lowest BCUT2D eigenvalue weighted by Gasteiger charge is -2.11. The number of rotatable bonds is 6. The first-order chi connectivity index (χ1) is 7.63. The third-order valence-corrected chi connectivity index (χ3v) is 2.60. The summed E-state index contributed by atoms with van der Waals surface area (Å²) in [7, 11) is 0. The van der Waals surface area contributed by atoms with Crippen LogP contribution in [0.5, 0.6) is 5.75 Å². The molecule has 0 aliphatic carbocycles. The van der Waals surface area contributed by atoms with E-state index in [1.54, 1.807) is 0 Å². The fourth-order valence-corrected chi connectivity index (χ4v) is 1.78. The van der Waals surface area contributed by atoms with Gasteiger partial charge in [-0.1, -0.05) is 38.2 Å². The Balaban J connectivity index is 2.59. The summed E-state index contributed by atoms with van der Waals surface area (Å²) in [6.07, 6.45) is 1.78. The van der Waals surface area contributed by atoms with Crippen LogP contribution >= 0.6 is 12.2 Å². The molecule has 1 aromatic carbocycles. The molecule has 88 valence electrons. The summed E-state index contributed by atoms with van der Waals surface area (Å²) in [6, 6.07) is 8.16. The minimum absolute atomic E-state index is 0.373. The molecule has 0 saturated heterocycles. The van der Waals surface area contributed by atoms with Crippen molar-refractivity contribution in [3.8, 4) is 5.75 Å². The summed E-state index contributed by atoms with van der Waals surface area (Å²) >= 11 is 4.91. The Kier molecular flexibility index (Phi) is 5.26. The van der Waals surface area contributed by atoms with Gasteiger partial charge in [0.2, 0.25) is 0 Å². The molecule has 2 N–H and O–H groups in total. The van der Waals surface area contributed by atoms with Crippen LogP contribution in [0.2, 0.25) is 0 Å². The number of thiocarbonyl (C=S) groups is 1. The average Bonchev–Trinajstić information content (AvgIpc) is 2.26. The van der Waals surface area contributed by atoms with E-state index in [2.05, 4.69) is 26.0 Å². The molecule has 2 nitrogen and oxygen atoms in total. The Morgan fingerprint density at radius 1 is 1.38 bits per heavy atom. The molecule has 0 fully saturated rings. The van der Waals surface area contributed by atoms with Crippen molar-refractivity contribution in [1.82, 2.24) is 0 Å². The zero-order chi connectivity index (χ0) is 12.0. The van der Waals surface area contributed by atoms with Gasteiger partial charge in [-0.05, 0) is 30.0 Å². The van der Waals surface area contributed by atoms with E-state index in [0.717, 1.165) is 25.2 Å². The molecule has 0 aliphatic heterocycles. The zero-order valence-electron chi connectivity index (χ0n) is 9.90. The molecule has 0 amide bonds. The molecule has 0 bridgehead atoms. The summed E-state index contributed by atoms with van der Waals surface area (Å²) in [5.74, 6) is 1.30. The second-order valence-electron chi connectivity index (χ2n) is 3.99. The van der Waals surface area contributed by atoms with Crippen LogP contribution in [-0.2, 0) is 0 Å². The molecule has 1 atom stereocenters. The maximum Gasteiger partial charge on any atom is 0.119 e. The summed E-state index contributed by atoms with van der Waals surface area (Å²) < 4.78 is 5.52. The molecule has 0 saturated carbocycles. The lowest BCUT2D eigenvalue weighted by atomic mass is 9.98. The molecule has 0 aromatic heterocycles. The van der Waals surface area contributed by atoms with Gasteiger partial charge in [-0.15, -0.1) is 0 Å². The zero-order valence-corrected chi connectivity index (χ0v) is 10.7. The van der Waals surface area contributed by atoms with Crippen LogP contribution in [0.15, 0.2) is 24.3 Å². The quantitative estimate of drug-likeness (QED) is 0.771. The molecule has 0 spiro atoms. The van der Waals surface area contributed by atoms with Crippen LogP contribution in [0, 0.1) is 0 Å². The van der Waals surface area contributed by atoms with Crippen molar-refractivity contribution >= 4 is 17.2 Å². The van der Waals surface area contributed by atoms with E-state index in [1.807, 2.05) is 12.1 Å². The van der Waals surface area contributed by atoms with Gasteiger partial charge in [-0.2, -0.15) is 0 Å². The predicted octanol–water partition coefficient (Wildman–Crippen LogP) is 3.26. The number of benzene rings is 1. The first-order valence-electron chi connectivity index (χ1n) is 5.64. The topological polar surface area (TPSA) is 35.2 Å². The predicted molar refractivity (Wildman–Crippen MR) is 72.0 cm³/mol. The molecular weight excluding hydrogens is 218 g/mol. The first-order valence-corrected chi connectivity index (χ1v) is 6.05. The minimum atomic E-state index is 0.373. The highest BCUT2D eigenvalue weighted by Crippen LogP contribution is 2.21. The summed E-state index contributed by atoms with van der Waals surface area (Å²) in [5, 5.41) is 0. The maximum atomic E-state index is 5.53. The van der Waals surface area contributed by atoms with E-state index in [0.29, 0.717) is 10.9 Å². The lowest BCUT2D eigenvalue weighted by molar-refractivity contribution is 0.317. The Morgan fingerprint density at radius 2 is 2.00 bits per heavy atom. The Hall–Kier alpha value is -1.09. The molecule has 1 unspecified atom stereocenters. The molecule has 1 rings (SSSR count). The van der Waals surface area contributed by atoms with E-state index >= 15 is 0 Å². The molecule has 0 aliphatic rings. The third kappa shape index (κ3) is 4.19. The van der Waals surface area contributed by atoms with Crippen LogP contribution in [0.1, 0.15) is 38.2 Å². The van der Waals surface area contributed by atoms with E-state index in [-0.39, 0.29) is 0 Å². The van der Waals surface area contributed by atoms with Crippen molar-refractivity contribution in [2.24, 2.45) is 5.73 Å². The van der Waals surface area contributed by atoms with E-state index < -0.39 is 0 Å². The number of nitrogens with two attached hydrogens (primary N) is 1. The summed E-state index contributed by atoms with van der Waals surface area (Å²) in [4.78, 5) is 0.568. The third-order valence-electron chi connectivity index (χ3n) is 2.43. The molecular formula is C13H19NOS. The van der Waals surface area contributed by atoms with Gasteiger partial charge in [0.25, 0.3) is 0 Å². The highest BCUT2D eigenvalue weighted by Gasteiger charge is 2.06. The smallest absolute Gasteiger partial charge is 0.119 e. The number of hydrogen-bond acceptors (Lipinski definition) is 2. The van der Waals surface area contributed by atoms with E-state index in [9.17, 15) is 0 Å². The first kappa shape index (κ1) is 13.0. The van der Waals surface area contributed by atoms with Crippen LogP contribution in [-0.4, -0.2) is 11.6 Å². The second kappa shape index (κ2) is 6.48. The molecule has 3 heteroatoms. The fourth-order valence-electron chi connectivity index (χ4n) is 1.53. The van der Waals surface area contributed by atoms with E-state index in [1.165, 1.54) is 5.56 Å². The standard InChI is InChI=1S/C13H19NOS/c1-3-8-15-12-6-4-11(5-7-12)10(2)9-13(14)16/h4-7,10H,3,8-9H2,1-2H3,(H2,14,16). The van der Waals surface area contributed by atoms with Crippen molar-refractivity contribution < 1.29 is 4.74 Å². The van der Waals surface area contributed by atoms with Crippen molar-refractivity contribution in [2.45, 2.75) is 32.6 Å². The maximum absolute atomic E-state index is 5.53. The molecule has 16 heavy (non-hydrogen) atoms. The summed E-state index contributed by atoms with van der Waals surface area (Å²) in [5.41, 5.74) is 6.78. The Morgan fingerprint density at radius 3 is 2.50 bits per heavy atom. The summed E-state index contributed by atoms with van der Waals surface area (Å²) in [6.45, 7) is 4.99. The van der Waals surface area contributed by atoms with Crippen molar-refractivity contribution in [3.05, 3.63) is 29.8 Å². The van der Waals surface area contributed by atoms with Gasteiger partial charge >= 0.3 is 0 Å². The van der Waals surface area contributed by atoms with Crippen LogP contribution in [0.25, 0.3) is 0 Å². The highest BCUT2D eigenvalue weighted by molar-refractivity contribution is 7.80. The van der Waals surface area contributed by atoms with Crippen LogP contribution < -0.4 is 10.5 Å². The molecule has 0 heterocycles. The number of hydrogen-bond donors (Lipinski definition) is 1. The van der Waals surface area contributed by atoms with Gasteiger partial charge < -0.3 is 10.5 Å². The lowest BCUT2D eigenvalue weighted by Crippen LogP contribution is -2.11. The largest absolute Gasteiger partial charge is 0.494 e. The van der Waals surface area contributed by atoms with Gasteiger partial charge in [-0.25, -0.2) is 0 Å². The van der Waals surface area contributed by atoms with Crippen LogP contribution in [0.3, 0.4) is 0 Å². The number of ether oxygens (including phenoxy) is 1. The second-order valence-corrected chi connectivity index (χ2v) is 4.51. The van der Waals surface area contributed by atoms with Crippen molar-refractivity contribution in [3.63, 3.8) is 0 Å². The Labute approximate surface area is 103 Å². The van der Waals surface area contributed by atoms with Crippen LogP contribution in [0.4, 0.5) is 0 Å². The van der Waals surface area contributed by atoms with Crippen molar-refractivity contribution in [2.75, 3.05) is 6.61 Å². The normalized spacial score (nSPS) is 12.1. The Bertz CT molecular complexity index is 334. The van der Waals surface area contributed by atoms with Gasteiger partial charge in [0.1, 0.15) is 5.75 Å². The fraction of sp³-hybridized carbons (Fsp3) is 0.462. The van der Waals surface area contributed by atoms with Gasteiger partial charge in [0, 0.05) is 6.42 Å². The minimum Gasteiger partial charge on any atom is -0.494 e. The average molecular weight is 237 g/mol. The van der Waals surface area contributed by atoms with Crippen molar-refractivity contribution in [1.29, 1.82) is 0 Å². The van der Waals surface area contributed by atoms with Gasteiger partial charge in [-0.3, -0.25) is 0 Å². The monoisotopic (exact) mass is 237 g/mol. The highest BCUT2D eigenvalue weighted by atomic mass is 32.1. The SMILES string of the molecule is CCCOc1ccc(C(C)CC(N)=S)cc1. The molecule has 1 aromatic rings. The molecule has 0 radical (unpaired) electrons. The van der Waals surface area contributed by atoms with Gasteiger partial charge in [0.05, 0.1) is 11.6 Å². The van der Waals surface area contributed by atoms with Gasteiger partial charge in [0.15, 0.2) is 0 Å².